The molecule has 0 atom stereocenters. The van der Waals surface area contributed by atoms with Gasteiger partial charge in [0.05, 0.1) is 17.2 Å². The summed E-state index contributed by atoms with van der Waals surface area (Å²) < 4.78 is 0. The van der Waals surface area contributed by atoms with Crippen molar-refractivity contribution in [1.82, 2.24) is 14.8 Å². The standard InChI is InChI=1S/C13H23N3OS/c1-5-7-12-14-11(10-18-12)8-16(6-2)9-13(17)15(3)4/h10H,5-9H2,1-4H3. The van der Waals surface area contributed by atoms with Crippen LogP contribution in [-0.4, -0.2) is 47.9 Å². The van der Waals surface area contributed by atoms with Crippen molar-refractivity contribution < 1.29 is 4.79 Å². The van der Waals surface area contributed by atoms with Gasteiger partial charge in [-0.25, -0.2) is 4.98 Å². The Morgan fingerprint density at radius 3 is 2.67 bits per heavy atom. The molecular formula is C13H23N3OS. The molecule has 0 aliphatic carbocycles. The van der Waals surface area contributed by atoms with Crippen LogP contribution in [0, 0.1) is 0 Å². The van der Waals surface area contributed by atoms with Crippen molar-refractivity contribution in [3.05, 3.63) is 16.1 Å². The van der Waals surface area contributed by atoms with E-state index in [1.807, 2.05) is 0 Å². The van der Waals surface area contributed by atoms with Gasteiger partial charge in [0.25, 0.3) is 0 Å². The van der Waals surface area contributed by atoms with Crippen molar-refractivity contribution in [2.45, 2.75) is 33.2 Å². The molecule has 1 rings (SSSR count). The van der Waals surface area contributed by atoms with Crippen molar-refractivity contribution in [2.24, 2.45) is 0 Å². The maximum atomic E-state index is 11.7. The van der Waals surface area contributed by atoms with Gasteiger partial charge in [0.1, 0.15) is 0 Å². The van der Waals surface area contributed by atoms with Crippen LogP contribution >= 0.6 is 11.3 Å². The van der Waals surface area contributed by atoms with Gasteiger partial charge < -0.3 is 4.90 Å². The quantitative estimate of drug-likeness (QED) is 0.759. The lowest BCUT2D eigenvalue weighted by atomic mass is 10.3. The summed E-state index contributed by atoms with van der Waals surface area (Å²) >= 11 is 1.72. The number of amides is 1. The first-order valence-corrected chi connectivity index (χ1v) is 7.30. The van der Waals surface area contributed by atoms with Crippen molar-refractivity contribution >= 4 is 17.2 Å². The molecule has 1 aromatic rings. The van der Waals surface area contributed by atoms with E-state index in [2.05, 4.69) is 29.1 Å². The molecule has 0 radical (unpaired) electrons. The maximum Gasteiger partial charge on any atom is 0.236 e. The first kappa shape index (κ1) is 15.1. The number of carbonyl (C=O) groups excluding carboxylic acids is 1. The Balaban J connectivity index is 2.53. The fourth-order valence-corrected chi connectivity index (χ4v) is 2.48. The van der Waals surface area contributed by atoms with E-state index in [0.29, 0.717) is 6.54 Å². The van der Waals surface area contributed by atoms with E-state index in [-0.39, 0.29) is 5.91 Å². The summed E-state index contributed by atoms with van der Waals surface area (Å²) in [5, 5.41) is 3.30. The smallest absolute Gasteiger partial charge is 0.236 e. The average molecular weight is 269 g/mol. The fraction of sp³-hybridized carbons (Fsp3) is 0.692. The number of hydrogen-bond acceptors (Lipinski definition) is 4. The SMILES string of the molecule is CCCc1nc(CN(CC)CC(=O)N(C)C)cs1. The predicted molar refractivity (Wildman–Crippen MR) is 75.8 cm³/mol. The normalized spacial score (nSPS) is 10.9. The molecule has 5 heteroatoms. The van der Waals surface area contributed by atoms with Gasteiger partial charge in [-0.2, -0.15) is 0 Å². The highest BCUT2D eigenvalue weighted by atomic mass is 32.1. The monoisotopic (exact) mass is 269 g/mol. The maximum absolute atomic E-state index is 11.7. The zero-order valence-electron chi connectivity index (χ0n) is 11.8. The summed E-state index contributed by atoms with van der Waals surface area (Å²) in [5.74, 6) is 0.140. The third-order valence-corrected chi connectivity index (χ3v) is 3.71. The number of nitrogens with zero attached hydrogens (tertiary/aromatic N) is 3. The molecule has 0 aliphatic heterocycles. The van der Waals surface area contributed by atoms with Crippen molar-refractivity contribution in [3.63, 3.8) is 0 Å². The molecule has 0 unspecified atom stereocenters. The molecule has 1 heterocycles. The van der Waals surface area contributed by atoms with Crippen LogP contribution in [0.1, 0.15) is 31.0 Å². The van der Waals surface area contributed by atoms with E-state index >= 15 is 0 Å². The third kappa shape index (κ3) is 4.74. The molecule has 1 amide bonds. The highest BCUT2D eigenvalue weighted by Crippen LogP contribution is 2.13. The van der Waals surface area contributed by atoms with E-state index < -0.39 is 0 Å². The molecule has 0 saturated heterocycles. The Hall–Kier alpha value is -0.940. The van der Waals surface area contributed by atoms with Crippen LogP contribution in [0.4, 0.5) is 0 Å². The van der Waals surface area contributed by atoms with Crippen LogP contribution in [0.25, 0.3) is 0 Å². The Morgan fingerprint density at radius 1 is 1.39 bits per heavy atom. The number of hydrogen-bond donors (Lipinski definition) is 0. The van der Waals surface area contributed by atoms with Crippen LogP contribution in [0.2, 0.25) is 0 Å². The molecule has 0 aliphatic rings. The van der Waals surface area contributed by atoms with Gasteiger partial charge in [0.15, 0.2) is 0 Å². The first-order chi connectivity index (χ1) is 8.56. The lowest BCUT2D eigenvalue weighted by Gasteiger charge is -2.20. The number of carbonyl (C=O) groups is 1. The van der Waals surface area contributed by atoms with Crippen LogP contribution in [-0.2, 0) is 17.8 Å². The Bertz CT molecular complexity index is 376. The van der Waals surface area contributed by atoms with Crippen LogP contribution < -0.4 is 0 Å². The molecule has 0 N–H and O–H groups in total. The molecule has 0 aromatic carbocycles. The van der Waals surface area contributed by atoms with E-state index in [1.165, 1.54) is 5.01 Å². The summed E-state index contributed by atoms with van der Waals surface area (Å²) in [6, 6.07) is 0. The second-order valence-corrected chi connectivity index (χ2v) is 5.52. The fourth-order valence-electron chi connectivity index (χ4n) is 1.59. The molecule has 1 aromatic heterocycles. The Morgan fingerprint density at radius 2 is 2.11 bits per heavy atom. The van der Waals surface area contributed by atoms with Gasteiger partial charge in [-0.1, -0.05) is 13.8 Å². The molecule has 0 spiro atoms. The highest BCUT2D eigenvalue weighted by Gasteiger charge is 2.12. The summed E-state index contributed by atoms with van der Waals surface area (Å²) in [6.07, 6.45) is 2.18. The number of thiazole rings is 1. The predicted octanol–water partition coefficient (Wildman–Crippen LogP) is 2.01. The molecule has 0 saturated carbocycles. The van der Waals surface area contributed by atoms with Gasteiger partial charge >= 0.3 is 0 Å². The number of likely N-dealkylation sites (N-methyl/N-ethyl adjacent to an activating group) is 2. The van der Waals surface area contributed by atoms with Gasteiger partial charge in [-0.05, 0) is 19.4 Å². The molecule has 0 bridgehead atoms. The van der Waals surface area contributed by atoms with Crippen LogP contribution in [0.3, 0.4) is 0 Å². The van der Waals surface area contributed by atoms with E-state index in [0.717, 1.165) is 31.6 Å². The zero-order chi connectivity index (χ0) is 13.5. The molecule has 0 fully saturated rings. The molecule has 102 valence electrons. The largest absolute Gasteiger partial charge is 0.348 e. The number of rotatable bonds is 7. The minimum atomic E-state index is 0.140. The highest BCUT2D eigenvalue weighted by molar-refractivity contribution is 7.09. The van der Waals surface area contributed by atoms with Crippen molar-refractivity contribution in [1.29, 1.82) is 0 Å². The van der Waals surface area contributed by atoms with E-state index in [4.69, 9.17) is 0 Å². The van der Waals surface area contributed by atoms with Gasteiger partial charge in [0, 0.05) is 26.0 Å². The molecule has 4 nitrogen and oxygen atoms in total. The number of aromatic nitrogens is 1. The minimum Gasteiger partial charge on any atom is -0.348 e. The molecular weight excluding hydrogens is 246 g/mol. The van der Waals surface area contributed by atoms with E-state index in [1.54, 1.807) is 30.3 Å². The average Bonchev–Trinajstić information content (AvgIpc) is 2.76. The number of aryl methyl sites for hydroxylation is 1. The van der Waals surface area contributed by atoms with Gasteiger partial charge in [0.2, 0.25) is 5.91 Å². The summed E-state index contributed by atoms with van der Waals surface area (Å²) in [6.45, 7) is 6.32. The van der Waals surface area contributed by atoms with Gasteiger partial charge in [-0.3, -0.25) is 9.69 Å². The summed E-state index contributed by atoms with van der Waals surface area (Å²) in [4.78, 5) is 20.0. The van der Waals surface area contributed by atoms with Gasteiger partial charge in [-0.15, -0.1) is 11.3 Å². The topological polar surface area (TPSA) is 36.4 Å². The zero-order valence-corrected chi connectivity index (χ0v) is 12.6. The van der Waals surface area contributed by atoms with Crippen LogP contribution in [0.5, 0.6) is 0 Å². The summed E-state index contributed by atoms with van der Waals surface area (Å²) in [7, 11) is 3.58. The minimum absolute atomic E-state index is 0.140. The lowest BCUT2D eigenvalue weighted by Crippen LogP contribution is -2.36. The van der Waals surface area contributed by atoms with Crippen molar-refractivity contribution in [3.8, 4) is 0 Å². The summed E-state index contributed by atoms with van der Waals surface area (Å²) in [5.41, 5.74) is 1.08. The van der Waals surface area contributed by atoms with Crippen molar-refractivity contribution in [2.75, 3.05) is 27.2 Å². The lowest BCUT2D eigenvalue weighted by molar-refractivity contribution is -0.130. The van der Waals surface area contributed by atoms with Crippen LogP contribution in [0.15, 0.2) is 5.38 Å². The van der Waals surface area contributed by atoms with E-state index in [9.17, 15) is 4.79 Å². The Labute approximate surface area is 114 Å². The Kier molecular flexibility index (Phi) is 6.29. The molecule has 18 heavy (non-hydrogen) atoms. The second kappa shape index (κ2) is 7.48. The first-order valence-electron chi connectivity index (χ1n) is 6.42. The second-order valence-electron chi connectivity index (χ2n) is 4.57. The third-order valence-electron chi connectivity index (χ3n) is 2.75.